The maximum absolute atomic E-state index is 5.20. The Morgan fingerprint density at radius 3 is 1.12 bits per heavy atom. The van der Waals surface area contributed by atoms with Crippen molar-refractivity contribution < 1.29 is 20.1 Å². The first-order chi connectivity index (χ1) is 40.6. The molecule has 0 atom stereocenters. The first kappa shape index (κ1) is 58.7. The van der Waals surface area contributed by atoms with E-state index in [4.69, 9.17) is 15.0 Å². The number of hydrogen-bond acceptors (Lipinski definition) is 3. The van der Waals surface area contributed by atoms with Crippen LogP contribution in [-0.4, -0.2) is 15.0 Å². The minimum Gasteiger partial charge on any atom is -0.304 e. The molecule has 0 fully saturated rings. The molecule has 2 aliphatic carbocycles. The first-order valence-electron chi connectivity index (χ1n) is 29.8. The topological polar surface area (TPSA) is 38.7 Å². The number of halogens is 1. The Labute approximate surface area is 532 Å². The molecule has 0 bridgehead atoms. The Kier molecular flexibility index (Phi) is 14.8. The van der Waals surface area contributed by atoms with Crippen molar-refractivity contribution >= 4 is 15.9 Å². The summed E-state index contributed by atoms with van der Waals surface area (Å²) in [7, 11) is 0. The van der Waals surface area contributed by atoms with E-state index >= 15 is 0 Å². The molecule has 3 heterocycles. The van der Waals surface area contributed by atoms with Gasteiger partial charge < -0.3 is 15.0 Å². The van der Waals surface area contributed by atoms with E-state index < -0.39 is 0 Å². The molecule has 8 aromatic carbocycles. The fourth-order valence-corrected chi connectivity index (χ4v) is 14.3. The van der Waals surface area contributed by atoms with Gasteiger partial charge in [0.2, 0.25) is 0 Å². The number of pyridine rings is 3. The van der Waals surface area contributed by atoms with Gasteiger partial charge in [0.1, 0.15) is 0 Å². The van der Waals surface area contributed by atoms with Crippen molar-refractivity contribution in [1.29, 1.82) is 0 Å². The molecule has 13 rings (SSSR count). The molecule has 0 saturated heterocycles. The zero-order valence-electron chi connectivity index (χ0n) is 51.3. The minimum absolute atomic E-state index is 0. The molecule has 5 heteroatoms. The summed E-state index contributed by atoms with van der Waals surface area (Å²) >= 11 is 3.69. The van der Waals surface area contributed by atoms with Gasteiger partial charge in [-0.15, -0.1) is 99.6 Å². The van der Waals surface area contributed by atoms with Gasteiger partial charge in [-0.3, -0.25) is 0 Å². The predicted octanol–water partition coefficient (Wildman–Crippen LogP) is 21.9. The molecule has 3 nitrogen and oxygen atoms in total. The number of aromatic nitrogens is 3. The molecule has 11 aromatic rings. The summed E-state index contributed by atoms with van der Waals surface area (Å²) in [4.78, 5) is 15.6. The van der Waals surface area contributed by atoms with Gasteiger partial charge >= 0.3 is 20.1 Å². The van der Waals surface area contributed by atoms with Crippen LogP contribution in [-0.2, 0) is 41.8 Å². The van der Waals surface area contributed by atoms with Gasteiger partial charge in [0.05, 0.1) is 0 Å². The zero-order valence-corrected chi connectivity index (χ0v) is 55.2. The Morgan fingerprint density at radius 1 is 0.302 bits per heavy atom. The molecule has 2 aliphatic rings. The van der Waals surface area contributed by atoms with E-state index in [1.165, 1.54) is 22.3 Å². The van der Waals surface area contributed by atoms with Crippen LogP contribution in [0.5, 0.6) is 0 Å². The van der Waals surface area contributed by atoms with Crippen molar-refractivity contribution in [3.63, 3.8) is 0 Å². The van der Waals surface area contributed by atoms with E-state index in [2.05, 4.69) is 299 Å². The van der Waals surface area contributed by atoms with Crippen LogP contribution < -0.4 is 0 Å². The molecule has 0 spiro atoms. The van der Waals surface area contributed by atoms with Crippen molar-refractivity contribution in [3.8, 4) is 112 Å². The smallest absolute Gasteiger partial charge is 0.304 e. The van der Waals surface area contributed by atoms with Crippen LogP contribution in [0.25, 0.3) is 112 Å². The van der Waals surface area contributed by atoms with Crippen molar-refractivity contribution in [2.45, 2.75) is 105 Å². The van der Waals surface area contributed by atoms with Crippen LogP contribution in [0.4, 0.5) is 0 Å². The molecule has 3 aromatic heterocycles. The number of hydrogen-bond donors (Lipinski definition) is 0. The van der Waals surface area contributed by atoms with E-state index in [0.717, 1.165) is 116 Å². The van der Waals surface area contributed by atoms with Gasteiger partial charge in [-0.1, -0.05) is 237 Å². The Bertz CT molecular complexity index is 4220. The van der Waals surface area contributed by atoms with Crippen molar-refractivity contribution in [1.82, 2.24) is 15.0 Å². The second-order valence-corrected chi connectivity index (χ2v) is 27.7. The second kappa shape index (κ2) is 21.6. The van der Waals surface area contributed by atoms with Crippen molar-refractivity contribution in [2.24, 2.45) is 10.8 Å². The fourth-order valence-electron chi connectivity index (χ4n) is 14.0. The summed E-state index contributed by atoms with van der Waals surface area (Å²) in [5.74, 6) is 0. The summed E-state index contributed by atoms with van der Waals surface area (Å²) in [6.07, 6.45) is 6.12. The molecular weight excluding hydrogens is 1290 g/mol. The Morgan fingerprint density at radius 2 is 0.686 bits per heavy atom. The predicted molar refractivity (Wildman–Crippen MR) is 358 cm³/mol. The third kappa shape index (κ3) is 9.43. The van der Waals surface area contributed by atoms with Gasteiger partial charge in [-0.2, -0.15) is 0 Å². The van der Waals surface area contributed by atoms with E-state index in [9.17, 15) is 0 Å². The standard InChI is InChI=1S/C81H71BrN3.Ir/c1-76(2)69-37-33-53(45-71(69)78(5,6)80(76,9)10)73-39-35-55(48-83-73)61-27-16-18-29-63(61)57-41-58(64-30-19-17-28-62(64)56-36-40-74(84-49-56)54-34-38-70-72(46-54)79(7,8)81(11,12)77(70,3)4)43-59(42-57)65-31-20-21-32-66(65)68-50-85-75(52-25-22-26-60(82)44-52)47-67(68)51-23-14-13-15-24-51;/h13-24,26-32,35-50H,1-12H3;/q-3;+3. The average Bonchev–Trinajstić information content (AvgIpc) is 1.61. The SMILES string of the molecule is CC1(C)c2c[c-]c(-c3ccc(-c4ccccc4-c4cc(-c5ccccc5-c5ccc(-c6[c-]cc7c(c6)C(C)(C)C(C)(C)C7(C)C)nc5)cc(-c5ccccc5-c5cnc(-c6[c-]ccc(Br)c6)cc5-c5ccccc5)c4)cn3)cc2C(C)(C)C1(C)C.[Ir+3]. The minimum atomic E-state index is -0.0235. The summed E-state index contributed by atoms with van der Waals surface area (Å²) in [5, 5.41) is 0. The number of fused-ring (bicyclic) bond motifs is 2. The summed E-state index contributed by atoms with van der Waals surface area (Å²) in [6, 6.07) is 80.9. The van der Waals surface area contributed by atoms with Gasteiger partial charge in [0, 0.05) is 24.2 Å². The van der Waals surface area contributed by atoms with E-state index in [1.54, 1.807) is 0 Å². The quantitative estimate of drug-likeness (QED) is 0.128. The van der Waals surface area contributed by atoms with Gasteiger partial charge in [-0.25, -0.2) is 0 Å². The molecule has 0 N–H and O–H groups in total. The molecule has 0 unspecified atom stereocenters. The van der Waals surface area contributed by atoms with Crippen LogP contribution in [0.2, 0.25) is 0 Å². The second-order valence-electron chi connectivity index (χ2n) is 26.8. The van der Waals surface area contributed by atoms with Crippen LogP contribution in [0, 0.1) is 29.0 Å². The fraction of sp³-hybridized carbons (Fsp3) is 0.222. The average molecular weight is 1360 g/mol. The molecule has 0 radical (unpaired) electrons. The van der Waals surface area contributed by atoms with Gasteiger partial charge in [0.15, 0.2) is 0 Å². The van der Waals surface area contributed by atoms with E-state index in [1.807, 2.05) is 30.7 Å². The number of rotatable bonds is 10. The zero-order chi connectivity index (χ0) is 59.4. The van der Waals surface area contributed by atoms with E-state index in [-0.39, 0.29) is 52.6 Å². The van der Waals surface area contributed by atoms with Crippen molar-refractivity contribution in [3.05, 3.63) is 258 Å². The van der Waals surface area contributed by atoms with E-state index in [0.29, 0.717) is 0 Å². The third-order valence-electron chi connectivity index (χ3n) is 21.5. The van der Waals surface area contributed by atoms with Crippen LogP contribution in [0.1, 0.15) is 105 Å². The van der Waals surface area contributed by atoms with Crippen LogP contribution in [0.3, 0.4) is 0 Å². The Hall–Kier alpha value is -7.66. The molecule has 0 aliphatic heterocycles. The van der Waals surface area contributed by atoms with Gasteiger partial charge in [-0.05, 0) is 140 Å². The van der Waals surface area contributed by atoms with Crippen molar-refractivity contribution in [2.75, 3.05) is 0 Å². The maximum Gasteiger partial charge on any atom is 3.00 e. The summed E-state index contributed by atoms with van der Waals surface area (Å²) < 4.78 is 0.983. The Balaban J connectivity index is 0.00000724. The molecule has 0 amide bonds. The van der Waals surface area contributed by atoms with Crippen LogP contribution >= 0.6 is 15.9 Å². The summed E-state index contributed by atoms with van der Waals surface area (Å²) in [6.45, 7) is 28.7. The van der Waals surface area contributed by atoms with Crippen LogP contribution in [0.15, 0.2) is 217 Å². The number of nitrogens with zero attached hydrogens (tertiary/aromatic N) is 3. The largest absolute Gasteiger partial charge is 3.00 e. The summed E-state index contributed by atoms with van der Waals surface area (Å²) in [5.41, 5.74) is 26.4. The molecule has 86 heavy (non-hydrogen) atoms. The normalized spacial score (nSPS) is 16.2. The third-order valence-corrected chi connectivity index (χ3v) is 22.0. The monoisotopic (exact) mass is 1360 g/mol. The first-order valence-corrected chi connectivity index (χ1v) is 30.6. The molecule has 0 saturated carbocycles. The van der Waals surface area contributed by atoms with Gasteiger partial charge in [0.25, 0.3) is 0 Å². The molecular formula is C81H71BrIrN3. The number of benzene rings is 8. The maximum atomic E-state index is 5.20. The molecule has 426 valence electrons.